The molecule has 0 bridgehead atoms. The summed E-state index contributed by atoms with van der Waals surface area (Å²) in [6, 6.07) is 0. The van der Waals surface area contributed by atoms with Crippen LogP contribution >= 0.6 is 0 Å². The van der Waals surface area contributed by atoms with Gasteiger partial charge in [-0.1, -0.05) is 13.8 Å². The third-order valence-electron chi connectivity index (χ3n) is 2.14. The molecule has 2 N–H and O–H groups in total. The molecule has 0 aromatic heterocycles. The number of rotatable bonds is 7. The molecule has 0 aromatic carbocycles. The Morgan fingerprint density at radius 1 is 1.40 bits per heavy atom. The number of carbonyl (C=O) groups is 1. The minimum atomic E-state index is -0.306. The fourth-order valence-corrected chi connectivity index (χ4v) is 1.32. The summed E-state index contributed by atoms with van der Waals surface area (Å²) >= 11 is 0. The van der Waals surface area contributed by atoms with E-state index in [1.165, 1.54) is 0 Å². The Bertz CT molecular complexity index is 181. The lowest BCUT2D eigenvalue weighted by Gasteiger charge is -2.14. The summed E-state index contributed by atoms with van der Waals surface area (Å²) in [5, 5.41) is 12.6. The highest BCUT2D eigenvalue weighted by molar-refractivity contribution is 5.75. The zero-order chi connectivity index (χ0) is 11.8. The molecule has 0 saturated heterocycles. The molecule has 1 atom stereocenters. The minimum Gasteiger partial charge on any atom is -0.392 e. The van der Waals surface area contributed by atoms with Gasteiger partial charge in [0, 0.05) is 33.6 Å². The zero-order valence-electron chi connectivity index (χ0n) is 10.3. The molecule has 0 radical (unpaired) electrons. The Balaban J connectivity index is 3.42. The number of carbonyl (C=O) groups excluding carboxylic acids is 1. The van der Waals surface area contributed by atoms with Gasteiger partial charge < -0.3 is 15.3 Å². The van der Waals surface area contributed by atoms with E-state index in [0.717, 1.165) is 6.42 Å². The first-order valence-corrected chi connectivity index (χ1v) is 5.52. The van der Waals surface area contributed by atoms with E-state index in [2.05, 4.69) is 19.2 Å². The highest BCUT2D eigenvalue weighted by Crippen LogP contribution is 2.03. The van der Waals surface area contributed by atoms with E-state index in [-0.39, 0.29) is 12.0 Å². The van der Waals surface area contributed by atoms with E-state index in [0.29, 0.717) is 25.4 Å². The topological polar surface area (TPSA) is 52.6 Å². The number of nitrogens with one attached hydrogen (secondary N) is 1. The molecule has 1 unspecified atom stereocenters. The molecule has 0 heterocycles. The van der Waals surface area contributed by atoms with Gasteiger partial charge in [-0.3, -0.25) is 4.79 Å². The van der Waals surface area contributed by atoms with Crippen molar-refractivity contribution in [3.8, 4) is 0 Å². The van der Waals surface area contributed by atoms with Crippen molar-refractivity contribution >= 4 is 5.91 Å². The van der Waals surface area contributed by atoms with Crippen molar-refractivity contribution in [3.63, 3.8) is 0 Å². The summed E-state index contributed by atoms with van der Waals surface area (Å²) in [5.41, 5.74) is 0. The fraction of sp³-hybridized carbons (Fsp3) is 0.909. The summed E-state index contributed by atoms with van der Waals surface area (Å²) in [6.07, 6.45) is 0.982. The average molecular weight is 216 g/mol. The van der Waals surface area contributed by atoms with E-state index >= 15 is 0 Å². The predicted molar refractivity (Wildman–Crippen MR) is 61.6 cm³/mol. The Morgan fingerprint density at radius 3 is 2.47 bits per heavy atom. The van der Waals surface area contributed by atoms with Crippen LogP contribution in [-0.4, -0.2) is 49.2 Å². The predicted octanol–water partition coefficient (Wildman–Crippen LogP) is 0.461. The fourth-order valence-electron chi connectivity index (χ4n) is 1.32. The Hall–Kier alpha value is -0.610. The molecule has 0 aliphatic rings. The van der Waals surface area contributed by atoms with E-state index in [1.54, 1.807) is 19.0 Å². The molecule has 90 valence electrons. The molecule has 0 spiro atoms. The number of amides is 1. The van der Waals surface area contributed by atoms with Gasteiger partial charge in [-0.05, 0) is 12.3 Å². The van der Waals surface area contributed by atoms with Gasteiger partial charge in [0.2, 0.25) is 5.91 Å². The smallest absolute Gasteiger partial charge is 0.223 e. The molecule has 15 heavy (non-hydrogen) atoms. The Labute approximate surface area is 92.7 Å². The third kappa shape index (κ3) is 8.39. The van der Waals surface area contributed by atoms with Crippen molar-refractivity contribution in [2.24, 2.45) is 5.92 Å². The van der Waals surface area contributed by atoms with Crippen LogP contribution in [0.4, 0.5) is 0 Å². The average Bonchev–Trinajstić information content (AvgIpc) is 2.10. The van der Waals surface area contributed by atoms with Gasteiger partial charge in [0.1, 0.15) is 0 Å². The van der Waals surface area contributed by atoms with Gasteiger partial charge in [0.15, 0.2) is 0 Å². The number of aliphatic hydroxyl groups excluding tert-OH is 1. The van der Waals surface area contributed by atoms with Crippen LogP contribution in [0.3, 0.4) is 0 Å². The molecule has 0 aromatic rings. The maximum atomic E-state index is 11.2. The molecule has 0 fully saturated rings. The normalized spacial score (nSPS) is 12.9. The van der Waals surface area contributed by atoms with Crippen LogP contribution in [0.5, 0.6) is 0 Å². The molecule has 0 aliphatic carbocycles. The van der Waals surface area contributed by atoms with Crippen molar-refractivity contribution in [2.75, 3.05) is 27.2 Å². The molecule has 0 aliphatic heterocycles. The quantitative estimate of drug-likeness (QED) is 0.608. The maximum absolute atomic E-state index is 11.2. The molecule has 4 nitrogen and oxygen atoms in total. The zero-order valence-corrected chi connectivity index (χ0v) is 10.3. The van der Waals surface area contributed by atoms with Gasteiger partial charge in [-0.25, -0.2) is 0 Å². The van der Waals surface area contributed by atoms with Crippen molar-refractivity contribution in [3.05, 3.63) is 0 Å². The van der Waals surface area contributed by atoms with Gasteiger partial charge in [0.05, 0.1) is 6.10 Å². The van der Waals surface area contributed by atoms with Crippen LogP contribution in [-0.2, 0) is 4.79 Å². The summed E-state index contributed by atoms with van der Waals surface area (Å²) in [5.74, 6) is 0.617. The molecule has 1 amide bonds. The van der Waals surface area contributed by atoms with Crippen molar-refractivity contribution in [1.29, 1.82) is 0 Å². The lowest BCUT2D eigenvalue weighted by Crippen LogP contribution is -2.31. The van der Waals surface area contributed by atoms with Crippen LogP contribution in [0, 0.1) is 5.92 Å². The van der Waals surface area contributed by atoms with Gasteiger partial charge in [0.25, 0.3) is 0 Å². The molecular weight excluding hydrogens is 192 g/mol. The van der Waals surface area contributed by atoms with Crippen LogP contribution in [0.15, 0.2) is 0 Å². The van der Waals surface area contributed by atoms with Crippen molar-refractivity contribution < 1.29 is 9.90 Å². The number of nitrogens with zero attached hydrogens (tertiary/aromatic N) is 1. The van der Waals surface area contributed by atoms with E-state index < -0.39 is 0 Å². The lowest BCUT2D eigenvalue weighted by atomic mass is 10.1. The standard InChI is InChI=1S/C11H24N2O2/c1-9(2)7-10(14)8-12-6-5-11(15)13(3)4/h9-10,12,14H,5-8H2,1-4H3. The minimum absolute atomic E-state index is 0.112. The molecule has 0 saturated carbocycles. The van der Waals surface area contributed by atoms with Crippen LogP contribution in [0.1, 0.15) is 26.7 Å². The summed E-state index contributed by atoms with van der Waals surface area (Å²) in [4.78, 5) is 12.8. The number of aliphatic hydroxyl groups is 1. The highest BCUT2D eigenvalue weighted by Gasteiger charge is 2.07. The summed E-state index contributed by atoms with van der Waals surface area (Å²) in [6.45, 7) is 5.36. The largest absolute Gasteiger partial charge is 0.392 e. The maximum Gasteiger partial charge on any atom is 0.223 e. The van der Waals surface area contributed by atoms with E-state index in [1.807, 2.05) is 0 Å². The first-order chi connectivity index (χ1) is 6.93. The van der Waals surface area contributed by atoms with Crippen LogP contribution in [0.25, 0.3) is 0 Å². The number of hydrogen-bond acceptors (Lipinski definition) is 3. The third-order valence-corrected chi connectivity index (χ3v) is 2.14. The molecular formula is C11H24N2O2. The second-order valence-electron chi connectivity index (χ2n) is 4.53. The van der Waals surface area contributed by atoms with Gasteiger partial charge >= 0.3 is 0 Å². The van der Waals surface area contributed by atoms with E-state index in [9.17, 15) is 9.90 Å². The first kappa shape index (κ1) is 14.4. The van der Waals surface area contributed by atoms with Crippen molar-refractivity contribution in [2.45, 2.75) is 32.8 Å². The number of hydrogen-bond donors (Lipinski definition) is 2. The molecule has 0 rings (SSSR count). The summed E-state index contributed by atoms with van der Waals surface area (Å²) < 4.78 is 0. The lowest BCUT2D eigenvalue weighted by molar-refractivity contribution is -0.128. The molecule has 4 heteroatoms. The van der Waals surface area contributed by atoms with Gasteiger partial charge in [-0.2, -0.15) is 0 Å². The Morgan fingerprint density at radius 2 is 2.00 bits per heavy atom. The van der Waals surface area contributed by atoms with E-state index in [4.69, 9.17) is 0 Å². The monoisotopic (exact) mass is 216 g/mol. The van der Waals surface area contributed by atoms with Crippen LogP contribution in [0.2, 0.25) is 0 Å². The second-order valence-corrected chi connectivity index (χ2v) is 4.53. The van der Waals surface area contributed by atoms with Crippen LogP contribution < -0.4 is 5.32 Å². The Kier molecular flexibility index (Phi) is 7.34. The summed E-state index contributed by atoms with van der Waals surface area (Å²) in [7, 11) is 3.49. The highest BCUT2D eigenvalue weighted by atomic mass is 16.3. The van der Waals surface area contributed by atoms with Gasteiger partial charge in [-0.15, -0.1) is 0 Å². The van der Waals surface area contributed by atoms with Crippen molar-refractivity contribution in [1.82, 2.24) is 10.2 Å². The SMILES string of the molecule is CC(C)CC(O)CNCCC(=O)N(C)C. The first-order valence-electron chi connectivity index (χ1n) is 5.52. The second kappa shape index (κ2) is 7.65.